The summed E-state index contributed by atoms with van der Waals surface area (Å²) in [7, 11) is 0. The molecule has 0 aliphatic carbocycles. The van der Waals surface area contributed by atoms with Crippen molar-refractivity contribution in [3.05, 3.63) is 47.8 Å². The molecule has 0 atom stereocenters. The van der Waals surface area contributed by atoms with E-state index >= 15 is 0 Å². The second kappa shape index (κ2) is 4.87. The first-order valence-electron chi connectivity index (χ1n) is 5.70. The largest absolute Gasteiger partial charge is 0.431 e. The number of aromatic nitrogens is 1. The molecule has 0 aliphatic heterocycles. The summed E-state index contributed by atoms with van der Waals surface area (Å²) in [6.45, 7) is 0. The van der Waals surface area contributed by atoms with E-state index in [9.17, 15) is 4.39 Å². The van der Waals surface area contributed by atoms with Gasteiger partial charge in [-0.2, -0.15) is 5.26 Å². The summed E-state index contributed by atoms with van der Waals surface area (Å²) in [6.07, 6.45) is 0. The Morgan fingerprint density at radius 3 is 2.95 bits per heavy atom. The van der Waals surface area contributed by atoms with Crippen molar-refractivity contribution in [3.63, 3.8) is 0 Å². The Hall–Kier alpha value is -2.52. The van der Waals surface area contributed by atoms with Gasteiger partial charge in [-0.1, -0.05) is 6.07 Å². The van der Waals surface area contributed by atoms with Gasteiger partial charge in [0, 0.05) is 10.6 Å². The standard InChI is InChI=1S/C14H8FN3OS/c15-10-2-1-3-13(9(10)7-16)20-14-18-11-6-8(17)4-5-12(11)19-14/h1-6H,17H2. The smallest absolute Gasteiger partial charge is 0.261 e. The van der Waals surface area contributed by atoms with Crippen LogP contribution >= 0.6 is 11.8 Å². The maximum absolute atomic E-state index is 13.5. The molecular formula is C14H8FN3OS. The van der Waals surface area contributed by atoms with Crippen LogP contribution in [0.25, 0.3) is 11.1 Å². The Labute approximate surface area is 118 Å². The first-order chi connectivity index (χ1) is 9.67. The second-order valence-corrected chi connectivity index (χ2v) is 5.03. The lowest BCUT2D eigenvalue weighted by atomic mass is 10.2. The summed E-state index contributed by atoms with van der Waals surface area (Å²) in [5.41, 5.74) is 7.47. The van der Waals surface area contributed by atoms with E-state index in [1.54, 1.807) is 30.3 Å². The number of halogens is 1. The second-order valence-electron chi connectivity index (χ2n) is 4.03. The Morgan fingerprint density at radius 1 is 1.30 bits per heavy atom. The van der Waals surface area contributed by atoms with Gasteiger partial charge in [0.15, 0.2) is 5.58 Å². The summed E-state index contributed by atoms with van der Waals surface area (Å²) in [6, 6.07) is 11.4. The molecule has 3 rings (SSSR count). The Morgan fingerprint density at radius 2 is 2.15 bits per heavy atom. The SMILES string of the molecule is N#Cc1c(F)cccc1Sc1nc2cc(N)ccc2o1. The van der Waals surface area contributed by atoms with Gasteiger partial charge in [0.1, 0.15) is 23.0 Å². The monoisotopic (exact) mass is 285 g/mol. The third-order valence-corrected chi connectivity index (χ3v) is 3.59. The van der Waals surface area contributed by atoms with Gasteiger partial charge < -0.3 is 10.2 Å². The van der Waals surface area contributed by atoms with E-state index in [2.05, 4.69) is 4.98 Å². The van der Waals surface area contributed by atoms with Crippen LogP contribution in [-0.4, -0.2) is 4.98 Å². The molecule has 0 spiro atoms. The maximum atomic E-state index is 13.5. The van der Waals surface area contributed by atoms with E-state index in [1.807, 2.05) is 6.07 Å². The minimum atomic E-state index is -0.558. The van der Waals surface area contributed by atoms with E-state index < -0.39 is 5.82 Å². The van der Waals surface area contributed by atoms with Gasteiger partial charge in [-0.25, -0.2) is 9.37 Å². The molecule has 0 amide bonds. The molecule has 98 valence electrons. The van der Waals surface area contributed by atoms with Gasteiger partial charge >= 0.3 is 0 Å². The van der Waals surface area contributed by atoms with Crippen molar-refractivity contribution in [3.8, 4) is 6.07 Å². The number of hydrogen-bond donors (Lipinski definition) is 1. The molecule has 2 N–H and O–H groups in total. The fraction of sp³-hybridized carbons (Fsp3) is 0. The van der Waals surface area contributed by atoms with Crippen molar-refractivity contribution in [2.45, 2.75) is 10.1 Å². The summed E-state index contributed by atoms with van der Waals surface area (Å²) < 4.78 is 19.0. The van der Waals surface area contributed by atoms with E-state index in [1.165, 1.54) is 6.07 Å². The fourth-order valence-corrected chi connectivity index (χ4v) is 2.61. The average molecular weight is 285 g/mol. The molecular weight excluding hydrogens is 277 g/mol. The van der Waals surface area contributed by atoms with E-state index in [0.29, 0.717) is 26.9 Å². The van der Waals surface area contributed by atoms with Crippen LogP contribution in [0.1, 0.15) is 5.56 Å². The predicted octanol–water partition coefficient (Wildman–Crippen LogP) is 3.57. The molecule has 3 aromatic rings. The van der Waals surface area contributed by atoms with Crippen molar-refractivity contribution < 1.29 is 8.81 Å². The number of oxazole rings is 1. The van der Waals surface area contributed by atoms with Crippen molar-refractivity contribution in [1.82, 2.24) is 4.98 Å². The third kappa shape index (κ3) is 2.19. The lowest BCUT2D eigenvalue weighted by molar-refractivity contribution is 0.489. The number of nitrogen functional groups attached to an aromatic ring is 1. The first kappa shape index (κ1) is 12.5. The average Bonchev–Trinajstić information content (AvgIpc) is 2.80. The first-order valence-corrected chi connectivity index (χ1v) is 6.51. The fourth-order valence-electron chi connectivity index (χ4n) is 1.76. The van der Waals surface area contributed by atoms with Gasteiger partial charge in [0.05, 0.1) is 0 Å². The molecule has 1 aromatic heterocycles. The number of fused-ring (bicyclic) bond motifs is 1. The minimum Gasteiger partial charge on any atom is -0.431 e. The summed E-state index contributed by atoms with van der Waals surface area (Å²) in [4.78, 5) is 4.72. The van der Waals surface area contributed by atoms with Crippen LogP contribution in [0, 0.1) is 17.1 Å². The molecule has 0 aliphatic rings. The molecule has 0 bridgehead atoms. The van der Waals surface area contributed by atoms with Gasteiger partial charge in [0.2, 0.25) is 0 Å². The molecule has 0 fully saturated rings. The zero-order chi connectivity index (χ0) is 14.1. The highest BCUT2D eigenvalue weighted by Gasteiger charge is 2.13. The molecule has 1 heterocycles. The molecule has 2 aromatic carbocycles. The number of hydrogen-bond acceptors (Lipinski definition) is 5. The number of nitriles is 1. The molecule has 0 saturated carbocycles. The molecule has 0 unspecified atom stereocenters. The number of nitrogens with two attached hydrogens (primary N) is 1. The van der Waals surface area contributed by atoms with Crippen LogP contribution in [0.5, 0.6) is 0 Å². The lowest BCUT2D eigenvalue weighted by Crippen LogP contribution is -1.86. The third-order valence-electron chi connectivity index (χ3n) is 2.68. The van der Waals surface area contributed by atoms with Crippen LogP contribution in [-0.2, 0) is 0 Å². The summed E-state index contributed by atoms with van der Waals surface area (Å²) >= 11 is 1.10. The predicted molar refractivity (Wildman–Crippen MR) is 73.7 cm³/mol. The van der Waals surface area contributed by atoms with Gasteiger partial charge in [-0.15, -0.1) is 0 Å². The highest BCUT2D eigenvalue weighted by atomic mass is 32.2. The lowest BCUT2D eigenvalue weighted by Gasteiger charge is -2.00. The number of nitrogens with zero attached hydrogens (tertiary/aromatic N) is 2. The van der Waals surface area contributed by atoms with Crippen LogP contribution in [0.4, 0.5) is 10.1 Å². The number of anilines is 1. The summed E-state index contributed by atoms with van der Waals surface area (Å²) in [5, 5.41) is 9.32. The van der Waals surface area contributed by atoms with Crippen molar-refractivity contribution in [2.24, 2.45) is 0 Å². The molecule has 0 radical (unpaired) electrons. The molecule has 4 nitrogen and oxygen atoms in total. The van der Waals surface area contributed by atoms with Gasteiger partial charge in [-0.3, -0.25) is 0 Å². The molecule has 6 heteroatoms. The topological polar surface area (TPSA) is 75.8 Å². The zero-order valence-corrected chi connectivity index (χ0v) is 10.9. The zero-order valence-electron chi connectivity index (χ0n) is 10.1. The van der Waals surface area contributed by atoms with E-state index in [0.717, 1.165) is 11.8 Å². The van der Waals surface area contributed by atoms with Crippen molar-refractivity contribution >= 4 is 28.5 Å². The highest BCUT2D eigenvalue weighted by Crippen LogP contribution is 2.33. The highest BCUT2D eigenvalue weighted by molar-refractivity contribution is 7.99. The molecule has 20 heavy (non-hydrogen) atoms. The molecule has 0 saturated heterocycles. The van der Waals surface area contributed by atoms with Gasteiger partial charge in [0.25, 0.3) is 5.22 Å². The van der Waals surface area contributed by atoms with Crippen molar-refractivity contribution in [2.75, 3.05) is 5.73 Å². The van der Waals surface area contributed by atoms with Crippen molar-refractivity contribution in [1.29, 1.82) is 5.26 Å². The normalized spacial score (nSPS) is 10.6. The van der Waals surface area contributed by atoms with E-state index in [4.69, 9.17) is 15.4 Å². The van der Waals surface area contributed by atoms with Gasteiger partial charge in [-0.05, 0) is 42.1 Å². The van der Waals surface area contributed by atoms with Crippen LogP contribution in [0.15, 0.2) is 50.9 Å². The maximum Gasteiger partial charge on any atom is 0.261 e. The van der Waals surface area contributed by atoms with Crippen LogP contribution in [0.3, 0.4) is 0 Å². The van der Waals surface area contributed by atoms with Crippen LogP contribution in [0.2, 0.25) is 0 Å². The number of rotatable bonds is 2. The quantitative estimate of drug-likeness (QED) is 0.728. The minimum absolute atomic E-state index is 0.0146. The number of benzene rings is 2. The Balaban J connectivity index is 2.02. The Kier molecular flexibility index (Phi) is 3.05. The Bertz CT molecular complexity index is 838. The van der Waals surface area contributed by atoms with Crippen LogP contribution < -0.4 is 5.73 Å². The van der Waals surface area contributed by atoms with E-state index in [-0.39, 0.29) is 5.56 Å². The summed E-state index contributed by atoms with van der Waals surface area (Å²) in [5.74, 6) is -0.558.